The zero-order valence-electron chi connectivity index (χ0n) is 12.7. The molecular weight excluding hydrogens is 260 g/mol. The van der Waals surface area contributed by atoms with Crippen molar-refractivity contribution < 1.29 is 4.79 Å². The molecule has 3 fully saturated rings. The Kier molecular flexibility index (Phi) is 3.07. The number of rotatable bonds is 2. The summed E-state index contributed by atoms with van der Waals surface area (Å²) in [7, 11) is 0. The normalized spacial score (nSPS) is 34.4. The molecule has 21 heavy (non-hydrogen) atoms. The van der Waals surface area contributed by atoms with Crippen molar-refractivity contribution in [2.24, 2.45) is 5.92 Å². The Bertz CT molecular complexity index is 537. The van der Waals surface area contributed by atoms with E-state index in [-0.39, 0.29) is 11.7 Å². The van der Waals surface area contributed by atoms with Crippen molar-refractivity contribution in [1.29, 1.82) is 0 Å². The van der Waals surface area contributed by atoms with Crippen LogP contribution in [0.2, 0.25) is 0 Å². The average molecular weight is 284 g/mol. The second-order valence-corrected chi connectivity index (χ2v) is 7.18. The van der Waals surface area contributed by atoms with Crippen LogP contribution >= 0.6 is 0 Å². The molecule has 3 aliphatic rings. The Morgan fingerprint density at radius 2 is 1.95 bits per heavy atom. The summed E-state index contributed by atoms with van der Waals surface area (Å²) in [6.07, 6.45) is 6.99. The third kappa shape index (κ3) is 2.18. The molecule has 2 aliphatic carbocycles. The number of hydrogen-bond acceptors (Lipinski definition) is 2. The topological polar surface area (TPSA) is 32.3 Å². The predicted molar refractivity (Wildman–Crippen MR) is 82.5 cm³/mol. The van der Waals surface area contributed by atoms with Gasteiger partial charge >= 0.3 is 0 Å². The van der Waals surface area contributed by atoms with E-state index in [2.05, 4.69) is 41.4 Å². The maximum absolute atomic E-state index is 12.9. The van der Waals surface area contributed by atoms with E-state index < -0.39 is 0 Å². The molecule has 3 atom stereocenters. The summed E-state index contributed by atoms with van der Waals surface area (Å²) < 4.78 is 0. The number of hydrogen-bond donors (Lipinski definition) is 1. The summed E-state index contributed by atoms with van der Waals surface area (Å²) in [5, 5.41) is 3.65. The minimum atomic E-state index is -0.221. The van der Waals surface area contributed by atoms with Gasteiger partial charge < -0.3 is 4.90 Å². The molecule has 1 N–H and O–H groups in total. The van der Waals surface area contributed by atoms with Gasteiger partial charge in [-0.3, -0.25) is 10.1 Å². The molecule has 1 saturated heterocycles. The molecule has 1 heterocycles. The number of nitrogens with one attached hydrogen (secondary N) is 1. The Hall–Kier alpha value is -1.35. The first-order valence-electron chi connectivity index (χ1n) is 8.35. The fraction of sp³-hybridized carbons (Fsp3) is 0.611. The van der Waals surface area contributed by atoms with Crippen LogP contribution in [0.25, 0.3) is 0 Å². The van der Waals surface area contributed by atoms with Gasteiger partial charge in [-0.15, -0.1) is 0 Å². The van der Waals surface area contributed by atoms with Crippen molar-refractivity contribution in [3.63, 3.8) is 0 Å². The van der Waals surface area contributed by atoms with Crippen LogP contribution in [0.1, 0.15) is 57.2 Å². The fourth-order valence-corrected chi connectivity index (χ4v) is 4.15. The van der Waals surface area contributed by atoms with Crippen molar-refractivity contribution in [1.82, 2.24) is 10.2 Å². The van der Waals surface area contributed by atoms with Crippen molar-refractivity contribution in [3.05, 3.63) is 35.9 Å². The molecule has 1 amide bonds. The van der Waals surface area contributed by atoms with Crippen LogP contribution in [0.15, 0.2) is 30.3 Å². The van der Waals surface area contributed by atoms with Gasteiger partial charge in [0.05, 0.1) is 0 Å². The van der Waals surface area contributed by atoms with Crippen molar-refractivity contribution in [3.8, 4) is 0 Å². The lowest BCUT2D eigenvalue weighted by molar-refractivity contribution is -0.134. The monoisotopic (exact) mass is 284 g/mol. The second-order valence-electron chi connectivity index (χ2n) is 7.18. The predicted octanol–water partition coefficient (Wildman–Crippen LogP) is 3.23. The highest BCUT2D eigenvalue weighted by Crippen LogP contribution is 2.48. The van der Waals surface area contributed by atoms with E-state index in [1.807, 2.05) is 6.07 Å². The molecule has 0 aromatic heterocycles. The zero-order valence-corrected chi connectivity index (χ0v) is 12.7. The van der Waals surface area contributed by atoms with Crippen molar-refractivity contribution in [2.75, 3.05) is 0 Å². The molecule has 1 aliphatic heterocycles. The van der Waals surface area contributed by atoms with E-state index in [1.54, 1.807) is 0 Å². The Labute approximate surface area is 126 Å². The minimum absolute atomic E-state index is 0.0801. The molecule has 2 saturated carbocycles. The van der Waals surface area contributed by atoms with Gasteiger partial charge in [0.2, 0.25) is 5.91 Å². The molecule has 1 aromatic carbocycles. The SMILES string of the molecule is CC1CCCC(N2C(=O)C3(CC3)NC2c2ccccc2)C1. The van der Waals surface area contributed by atoms with Crippen molar-refractivity contribution >= 4 is 5.91 Å². The van der Waals surface area contributed by atoms with Gasteiger partial charge in [-0.25, -0.2) is 0 Å². The van der Waals surface area contributed by atoms with E-state index in [0.29, 0.717) is 11.9 Å². The van der Waals surface area contributed by atoms with E-state index >= 15 is 0 Å². The quantitative estimate of drug-likeness (QED) is 0.904. The standard InChI is InChI=1S/C18H24N2O/c1-13-6-5-9-15(12-13)20-16(14-7-3-2-4-8-14)19-18(10-11-18)17(20)21/h2-4,7-8,13,15-16,19H,5-6,9-12H2,1H3. The molecule has 0 radical (unpaired) electrons. The molecule has 3 unspecified atom stereocenters. The second kappa shape index (κ2) is 4.84. The molecule has 3 heteroatoms. The highest BCUT2D eigenvalue weighted by molar-refractivity contribution is 5.92. The van der Waals surface area contributed by atoms with E-state index in [9.17, 15) is 4.79 Å². The molecule has 1 aromatic rings. The van der Waals surface area contributed by atoms with Gasteiger partial charge in [0, 0.05) is 6.04 Å². The van der Waals surface area contributed by atoms with Crippen LogP contribution in [0.3, 0.4) is 0 Å². The highest BCUT2D eigenvalue weighted by atomic mass is 16.2. The molecule has 4 rings (SSSR count). The van der Waals surface area contributed by atoms with Crippen LogP contribution in [0, 0.1) is 5.92 Å². The Morgan fingerprint density at radius 1 is 1.19 bits per heavy atom. The summed E-state index contributed by atoms with van der Waals surface area (Å²) in [5.74, 6) is 1.10. The third-order valence-corrected chi connectivity index (χ3v) is 5.50. The lowest BCUT2D eigenvalue weighted by atomic mass is 9.86. The third-order valence-electron chi connectivity index (χ3n) is 5.50. The lowest BCUT2D eigenvalue weighted by Crippen LogP contribution is -2.42. The number of benzene rings is 1. The van der Waals surface area contributed by atoms with Crippen molar-refractivity contribution in [2.45, 2.75) is 63.2 Å². The van der Waals surface area contributed by atoms with Gasteiger partial charge in [0.1, 0.15) is 11.7 Å². The van der Waals surface area contributed by atoms with E-state index in [1.165, 1.54) is 18.4 Å². The number of amides is 1. The highest BCUT2D eigenvalue weighted by Gasteiger charge is 2.60. The van der Waals surface area contributed by atoms with Crippen LogP contribution in [0.4, 0.5) is 0 Å². The minimum Gasteiger partial charge on any atom is -0.318 e. The molecule has 112 valence electrons. The number of carbonyl (C=O) groups excluding carboxylic acids is 1. The summed E-state index contributed by atoms with van der Waals surface area (Å²) in [6, 6.07) is 10.9. The summed E-state index contributed by atoms with van der Waals surface area (Å²) in [5.41, 5.74) is 1.01. The maximum atomic E-state index is 12.9. The van der Waals surface area contributed by atoms with Crippen LogP contribution < -0.4 is 5.32 Å². The first-order chi connectivity index (χ1) is 10.2. The number of carbonyl (C=O) groups is 1. The molecular formula is C18H24N2O. The van der Waals surface area contributed by atoms with Gasteiger partial charge in [-0.2, -0.15) is 0 Å². The number of nitrogens with zero attached hydrogens (tertiary/aromatic N) is 1. The van der Waals surface area contributed by atoms with Crippen LogP contribution in [-0.4, -0.2) is 22.4 Å². The summed E-state index contributed by atoms with van der Waals surface area (Å²) in [4.78, 5) is 15.1. The summed E-state index contributed by atoms with van der Waals surface area (Å²) >= 11 is 0. The molecule has 1 spiro atoms. The van der Waals surface area contributed by atoms with Crippen LogP contribution in [0.5, 0.6) is 0 Å². The average Bonchev–Trinajstić information content (AvgIpc) is 3.22. The molecule has 0 bridgehead atoms. The van der Waals surface area contributed by atoms with E-state index in [0.717, 1.165) is 31.6 Å². The first-order valence-corrected chi connectivity index (χ1v) is 8.35. The Morgan fingerprint density at radius 3 is 2.62 bits per heavy atom. The Balaban J connectivity index is 1.66. The maximum Gasteiger partial charge on any atom is 0.244 e. The fourth-order valence-electron chi connectivity index (χ4n) is 4.15. The molecule has 3 nitrogen and oxygen atoms in total. The van der Waals surface area contributed by atoms with E-state index in [4.69, 9.17) is 0 Å². The van der Waals surface area contributed by atoms with Gasteiger partial charge in [0.25, 0.3) is 0 Å². The van der Waals surface area contributed by atoms with Crippen LogP contribution in [-0.2, 0) is 4.79 Å². The van der Waals surface area contributed by atoms with Gasteiger partial charge in [0.15, 0.2) is 0 Å². The first kappa shape index (κ1) is 13.3. The van der Waals surface area contributed by atoms with Gasteiger partial charge in [-0.05, 0) is 37.2 Å². The summed E-state index contributed by atoms with van der Waals surface area (Å²) in [6.45, 7) is 2.32. The zero-order chi connectivity index (χ0) is 14.4. The lowest BCUT2D eigenvalue weighted by Gasteiger charge is -2.37. The smallest absolute Gasteiger partial charge is 0.244 e. The van der Waals surface area contributed by atoms with Gasteiger partial charge in [-0.1, -0.05) is 50.1 Å². The largest absolute Gasteiger partial charge is 0.318 e.